The van der Waals surface area contributed by atoms with Gasteiger partial charge in [0.25, 0.3) is 5.69 Å². The maximum atomic E-state index is 10.6. The van der Waals surface area contributed by atoms with Crippen molar-refractivity contribution in [2.75, 3.05) is 5.32 Å². The number of anilines is 2. The van der Waals surface area contributed by atoms with E-state index in [2.05, 4.69) is 15.3 Å². The minimum absolute atomic E-state index is 0.0506. The molecule has 0 aliphatic carbocycles. The second-order valence-corrected chi connectivity index (χ2v) is 4.60. The van der Waals surface area contributed by atoms with Crippen molar-refractivity contribution in [1.29, 1.82) is 0 Å². The fourth-order valence-electron chi connectivity index (χ4n) is 1.90. The first-order valence-corrected chi connectivity index (χ1v) is 6.76. The van der Waals surface area contributed by atoms with Crippen LogP contribution in [0.5, 0.6) is 11.5 Å². The van der Waals surface area contributed by atoms with Crippen molar-refractivity contribution in [1.82, 2.24) is 9.97 Å². The van der Waals surface area contributed by atoms with E-state index in [0.29, 0.717) is 17.3 Å². The van der Waals surface area contributed by atoms with Crippen LogP contribution in [-0.2, 0) is 0 Å². The van der Waals surface area contributed by atoms with Crippen molar-refractivity contribution >= 4 is 17.2 Å². The van der Waals surface area contributed by atoms with E-state index in [0.717, 1.165) is 5.69 Å². The SMILES string of the molecule is O=[N+]([O-])c1ccc(Nc2cccc(Oc3ccncc3)c2)nc1. The van der Waals surface area contributed by atoms with Crippen molar-refractivity contribution in [2.45, 2.75) is 0 Å². The molecule has 0 aliphatic rings. The van der Waals surface area contributed by atoms with Crippen LogP contribution in [0.1, 0.15) is 0 Å². The Kier molecular flexibility index (Phi) is 4.10. The van der Waals surface area contributed by atoms with Gasteiger partial charge < -0.3 is 10.1 Å². The molecule has 2 aromatic heterocycles. The molecule has 0 bridgehead atoms. The fraction of sp³-hybridized carbons (Fsp3) is 0. The molecule has 1 aromatic carbocycles. The van der Waals surface area contributed by atoms with E-state index in [4.69, 9.17) is 4.74 Å². The van der Waals surface area contributed by atoms with Crippen LogP contribution in [0.2, 0.25) is 0 Å². The Morgan fingerprint density at radius 2 is 1.87 bits per heavy atom. The van der Waals surface area contributed by atoms with E-state index >= 15 is 0 Å². The highest BCUT2D eigenvalue weighted by Gasteiger charge is 2.06. The Morgan fingerprint density at radius 3 is 2.57 bits per heavy atom. The standard InChI is InChI=1S/C16H12N4O3/c21-20(22)13-4-5-16(18-11-13)19-12-2-1-3-15(10-12)23-14-6-8-17-9-7-14/h1-11H,(H,18,19). The second-order valence-electron chi connectivity index (χ2n) is 4.60. The van der Waals surface area contributed by atoms with Crippen molar-refractivity contribution in [3.8, 4) is 11.5 Å². The average Bonchev–Trinajstić information content (AvgIpc) is 2.57. The summed E-state index contributed by atoms with van der Waals surface area (Å²) in [6.07, 6.45) is 4.51. The third kappa shape index (κ3) is 3.79. The highest BCUT2D eigenvalue weighted by Crippen LogP contribution is 2.25. The number of hydrogen-bond acceptors (Lipinski definition) is 6. The normalized spacial score (nSPS) is 10.1. The monoisotopic (exact) mass is 308 g/mol. The summed E-state index contributed by atoms with van der Waals surface area (Å²) in [7, 11) is 0. The summed E-state index contributed by atoms with van der Waals surface area (Å²) < 4.78 is 5.72. The van der Waals surface area contributed by atoms with Gasteiger partial charge >= 0.3 is 0 Å². The summed E-state index contributed by atoms with van der Waals surface area (Å²) in [5.74, 6) is 1.85. The van der Waals surface area contributed by atoms with Gasteiger partial charge in [-0.15, -0.1) is 0 Å². The molecular formula is C16H12N4O3. The lowest BCUT2D eigenvalue weighted by atomic mass is 10.3. The molecule has 114 valence electrons. The van der Waals surface area contributed by atoms with Gasteiger partial charge in [-0.1, -0.05) is 6.07 Å². The predicted molar refractivity (Wildman–Crippen MR) is 84.9 cm³/mol. The number of ether oxygens (including phenoxy) is 1. The van der Waals surface area contributed by atoms with E-state index in [9.17, 15) is 10.1 Å². The maximum Gasteiger partial charge on any atom is 0.287 e. The van der Waals surface area contributed by atoms with Gasteiger partial charge in [-0.25, -0.2) is 4.98 Å². The van der Waals surface area contributed by atoms with Gasteiger partial charge in [0, 0.05) is 30.2 Å². The number of benzene rings is 1. The van der Waals surface area contributed by atoms with Crippen LogP contribution in [0.3, 0.4) is 0 Å². The molecule has 0 aliphatic heterocycles. The molecule has 7 nitrogen and oxygen atoms in total. The summed E-state index contributed by atoms with van der Waals surface area (Å²) in [6, 6.07) is 13.8. The Labute approximate surface area is 131 Å². The number of pyridine rings is 2. The zero-order chi connectivity index (χ0) is 16.1. The number of rotatable bonds is 5. The van der Waals surface area contributed by atoms with E-state index in [1.54, 1.807) is 30.6 Å². The fourth-order valence-corrected chi connectivity index (χ4v) is 1.90. The lowest BCUT2D eigenvalue weighted by molar-refractivity contribution is -0.385. The van der Waals surface area contributed by atoms with Crippen molar-refractivity contribution in [3.63, 3.8) is 0 Å². The van der Waals surface area contributed by atoms with Crippen molar-refractivity contribution in [3.05, 3.63) is 77.2 Å². The molecule has 0 fully saturated rings. The van der Waals surface area contributed by atoms with Gasteiger partial charge in [-0.3, -0.25) is 15.1 Å². The molecule has 0 amide bonds. The molecule has 23 heavy (non-hydrogen) atoms. The van der Waals surface area contributed by atoms with Crippen LogP contribution >= 0.6 is 0 Å². The number of nitrogens with one attached hydrogen (secondary N) is 1. The highest BCUT2D eigenvalue weighted by molar-refractivity contribution is 5.59. The summed E-state index contributed by atoms with van der Waals surface area (Å²) in [5.41, 5.74) is 0.711. The van der Waals surface area contributed by atoms with E-state index in [1.165, 1.54) is 12.3 Å². The van der Waals surface area contributed by atoms with Crippen LogP contribution < -0.4 is 10.1 Å². The average molecular weight is 308 g/mol. The molecule has 0 saturated carbocycles. The van der Waals surface area contributed by atoms with E-state index < -0.39 is 4.92 Å². The molecule has 2 heterocycles. The third-order valence-corrected chi connectivity index (χ3v) is 2.95. The molecule has 3 rings (SSSR count). The molecule has 0 unspecified atom stereocenters. The van der Waals surface area contributed by atoms with Gasteiger partial charge in [-0.2, -0.15) is 0 Å². The minimum Gasteiger partial charge on any atom is -0.457 e. The molecule has 0 saturated heterocycles. The Hall–Kier alpha value is -3.48. The molecular weight excluding hydrogens is 296 g/mol. The number of aromatic nitrogens is 2. The van der Waals surface area contributed by atoms with Gasteiger partial charge in [0.15, 0.2) is 0 Å². The van der Waals surface area contributed by atoms with Gasteiger partial charge in [-0.05, 0) is 30.3 Å². The van der Waals surface area contributed by atoms with E-state index in [1.807, 2.05) is 24.3 Å². The molecule has 0 radical (unpaired) electrons. The van der Waals surface area contributed by atoms with Crippen LogP contribution in [0, 0.1) is 10.1 Å². The molecule has 3 aromatic rings. The first-order valence-electron chi connectivity index (χ1n) is 6.76. The van der Waals surface area contributed by atoms with Crippen LogP contribution in [0.4, 0.5) is 17.2 Å². The lowest BCUT2D eigenvalue weighted by Crippen LogP contribution is -1.95. The number of nitrogens with zero attached hydrogens (tertiary/aromatic N) is 3. The molecule has 0 spiro atoms. The Bertz CT molecular complexity index is 807. The first-order chi connectivity index (χ1) is 11.2. The maximum absolute atomic E-state index is 10.6. The zero-order valence-corrected chi connectivity index (χ0v) is 11.9. The van der Waals surface area contributed by atoms with Gasteiger partial charge in [0.05, 0.1) is 4.92 Å². The lowest BCUT2D eigenvalue weighted by Gasteiger charge is -2.09. The summed E-state index contributed by atoms with van der Waals surface area (Å²) in [5, 5.41) is 13.7. The summed E-state index contributed by atoms with van der Waals surface area (Å²) in [4.78, 5) is 18.1. The quantitative estimate of drug-likeness (QED) is 0.567. The smallest absolute Gasteiger partial charge is 0.287 e. The molecule has 0 atom stereocenters. The minimum atomic E-state index is -0.486. The Morgan fingerprint density at radius 1 is 1.04 bits per heavy atom. The number of hydrogen-bond donors (Lipinski definition) is 1. The largest absolute Gasteiger partial charge is 0.457 e. The summed E-state index contributed by atoms with van der Waals surface area (Å²) in [6.45, 7) is 0. The summed E-state index contributed by atoms with van der Waals surface area (Å²) >= 11 is 0. The van der Waals surface area contributed by atoms with Crippen LogP contribution in [0.15, 0.2) is 67.1 Å². The Balaban J connectivity index is 1.73. The zero-order valence-electron chi connectivity index (χ0n) is 11.9. The van der Waals surface area contributed by atoms with Crippen molar-refractivity contribution in [2.24, 2.45) is 0 Å². The third-order valence-electron chi connectivity index (χ3n) is 2.95. The highest BCUT2D eigenvalue weighted by atomic mass is 16.6. The van der Waals surface area contributed by atoms with Crippen LogP contribution in [-0.4, -0.2) is 14.9 Å². The van der Waals surface area contributed by atoms with Gasteiger partial charge in [0.2, 0.25) is 0 Å². The number of nitro groups is 1. The predicted octanol–water partition coefficient (Wildman–Crippen LogP) is 3.92. The second kappa shape index (κ2) is 6.52. The van der Waals surface area contributed by atoms with Gasteiger partial charge in [0.1, 0.15) is 23.5 Å². The van der Waals surface area contributed by atoms with Crippen molar-refractivity contribution < 1.29 is 9.66 Å². The first kappa shape index (κ1) is 14.5. The molecule has 7 heteroatoms. The van der Waals surface area contributed by atoms with Crippen LogP contribution in [0.25, 0.3) is 0 Å². The topological polar surface area (TPSA) is 90.2 Å². The van der Waals surface area contributed by atoms with E-state index in [-0.39, 0.29) is 5.69 Å². The molecule has 1 N–H and O–H groups in total.